The predicted molar refractivity (Wildman–Crippen MR) is 116 cm³/mol. The summed E-state index contributed by atoms with van der Waals surface area (Å²) < 4.78 is 3.62. The summed E-state index contributed by atoms with van der Waals surface area (Å²) in [5.74, 6) is 1.04. The maximum Gasteiger partial charge on any atom is 0.154 e. The summed E-state index contributed by atoms with van der Waals surface area (Å²) in [7, 11) is 0. The molecule has 4 heteroatoms. The Bertz CT molecular complexity index is 1320. The second-order valence-electron chi connectivity index (χ2n) is 6.95. The van der Waals surface area contributed by atoms with E-state index >= 15 is 0 Å². The molecule has 0 amide bonds. The van der Waals surface area contributed by atoms with Gasteiger partial charge in [0.2, 0.25) is 0 Å². The molecule has 0 saturated carbocycles. The van der Waals surface area contributed by atoms with E-state index in [4.69, 9.17) is 4.99 Å². The second kappa shape index (κ2) is 5.44. The number of thiophene rings is 1. The zero-order valence-corrected chi connectivity index (χ0v) is 15.6. The monoisotopic (exact) mass is 367 g/mol. The fourth-order valence-electron chi connectivity index (χ4n) is 4.14. The fourth-order valence-corrected chi connectivity index (χ4v) is 5.29. The summed E-state index contributed by atoms with van der Waals surface area (Å²) in [4.78, 5) is 6.25. The minimum atomic E-state index is 0.0328. The number of rotatable bonds is 0. The number of anilines is 1. The van der Waals surface area contributed by atoms with Crippen molar-refractivity contribution in [3.8, 4) is 0 Å². The van der Waals surface area contributed by atoms with Crippen molar-refractivity contribution in [3.05, 3.63) is 77.7 Å². The molecular formula is C23H17N3S. The largest absolute Gasteiger partial charge is 0.362 e. The van der Waals surface area contributed by atoms with Crippen LogP contribution in [0.1, 0.15) is 11.8 Å². The molecule has 6 rings (SSSR count). The first-order chi connectivity index (χ1) is 13.3. The van der Waals surface area contributed by atoms with Crippen LogP contribution in [0.5, 0.6) is 0 Å². The van der Waals surface area contributed by atoms with E-state index < -0.39 is 0 Å². The third-order valence-corrected chi connectivity index (χ3v) is 6.43. The minimum Gasteiger partial charge on any atom is -0.362 e. The van der Waals surface area contributed by atoms with Gasteiger partial charge in [0.1, 0.15) is 6.17 Å². The van der Waals surface area contributed by atoms with Crippen LogP contribution in [0.25, 0.3) is 31.9 Å². The van der Waals surface area contributed by atoms with Gasteiger partial charge in [-0.2, -0.15) is 0 Å². The smallest absolute Gasteiger partial charge is 0.154 e. The van der Waals surface area contributed by atoms with Gasteiger partial charge in [0.15, 0.2) is 5.84 Å². The normalized spacial score (nSPS) is 16.5. The van der Waals surface area contributed by atoms with Crippen LogP contribution in [0.4, 0.5) is 5.69 Å². The van der Waals surface area contributed by atoms with E-state index in [0.29, 0.717) is 0 Å². The van der Waals surface area contributed by atoms with Gasteiger partial charge >= 0.3 is 0 Å². The van der Waals surface area contributed by atoms with E-state index in [9.17, 15) is 0 Å². The Balaban J connectivity index is 1.75. The van der Waals surface area contributed by atoms with E-state index in [0.717, 1.165) is 5.84 Å². The van der Waals surface area contributed by atoms with Crippen molar-refractivity contribution >= 4 is 54.8 Å². The van der Waals surface area contributed by atoms with Gasteiger partial charge in [-0.1, -0.05) is 54.6 Å². The molecule has 3 nitrogen and oxygen atoms in total. The molecule has 0 fully saturated rings. The van der Waals surface area contributed by atoms with Crippen molar-refractivity contribution in [1.29, 1.82) is 0 Å². The first-order valence-corrected chi connectivity index (χ1v) is 9.98. The maximum atomic E-state index is 5.04. The number of fused-ring (bicyclic) bond motifs is 6. The van der Waals surface area contributed by atoms with Crippen LogP contribution >= 0.6 is 11.3 Å². The molecule has 1 atom stereocenters. The Morgan fingerprint density at radius 1 is 0.815 bits per heavy atom. The van der Waals surface area contributed by atoms with Crippen LogP contribution < -0.4 is 5.32 Å². The summed E-state index contributed by atoms with van der Waals surface area (Å²) in [6, 6.07) is 25.8. The molecule has 3 heterocycles. The molecule has 1 aliphatic rings. The first-order valence-electron chi connectivity index (χ1n) is 9.16. The van der Waals surface area contributed by atoms with Gasteiger partial charge in [0.25, 0.3) is 0 Å². The van der Waals surface area contributed by atoms with Crippen molar-refractivity contribution in [2.45, 2.75) is 13.1 Å². The molecule has 2 aromatic heterocycles. The van der Waals surface area contributed by atoms with E-state index in [1.54, 1.807) is 0 Å². The van der Waals surface area contributed by atoms with Crippen molar-refractivity contribution in [1.82, 2.24) is 4.57 Å². The van der Waals surface area contributed by atoms with Gasteiger partial charge in [-0.3, -0.25) is 4.57 Å². The Morgan fingerprint density at radius 3 is 2.11 bits per heavy atom. The predicted octanol–water partition coefficient (Wildman–Crippen LogP) is 6.08. The number of aliphatic imine (C=N–C) groups is 1. The number of nitrogens with zero attached hydrogens (tertiary/aromatic N) is 2. The lowest BCUT2D eigenvalue weighted by molar-refractivity contribution is 0.838. The lowest BCUT2D eigenvalue weighted by Gasteiger charge is -2.22. The van der Waals surface area contributed by atoms with Gasteiger partial charge < -0.3 is 5.32 Å². The lowest BCUT2D eigenvalue weighted by atomic mass is 10.2. The molecule has 0 radical (unpaired) electrons. The molecule has 130 valence electrons. The third-order valence-electron chi connectivity index (χ3n) is 5.26. The van der Waals surface area contributed by atoms with Crippen LogP contribution in [-0.2, 0) is 0 Å². The summed E-state index contributed by atoms with van der Waals surface area (Å²) in [5.41, 5.74) is 3.61. The Labute approximate surface area is 160 Å². The maximum absolute atomic E-state index is 5.04. The first kappa shape index (κ1) is 15.0. The van der Waals surface area contributed by atoms with Crippen molar-refractivity contribution in [2.75, 3.05) is 5.32 Å². The SMILES string of the molecule is C[C@@H]1N=C(n2c3ccccc3c3ccccc32)c2sc3ccccc3c2N1. The number of hydrogen-bond donors (Lipinski definition) is 1. The van der Waals surface area contributed by atoms with Crippen molar-refractivity contribution in [3.63, 3.8) is 0 Å². The van der Waals surface area contributed by atoms with Crippen LogP contribution in [0.15, 0.2) is 77.8 Å². The number of para-hydroxylation sites is 2. The van der Waals surface area contributed by atoms with Crippen LogP contribution in [0.3, 0.4) is 0 Å². The molecule has 0 saturated heterocycles. The zero-order chi connectivity index (χ0) is 18.0. The highest BCUT2D eigenvalue weighted by Gasteiger charge is 2.26. The topological polar surface area (TPSA) is 29.3 Å². The Morgan fingerprint density at radius 2 is 1.41 bits per heavy atom. The van der Waals surface area contributed by atoms with Gasteiger partial charge in [-0.15, -0.1) is 11.3 Å². The molecule has 0 aliphatic carbocycles. The summed E-state index contributed by atoms with van der Waals surface area (Å²) in [5, 5.41) is 7.39. The second-order valence-corrected chi connectivity index (χ2v) is 8.00. The zero-order valence-electron chi connectivity index (χ0n) is 14.8. The van der Waals surface area contributed by atoms with Gasteiger partial charge in [0, 0.05) is 20.9 Å². The highest BCUT2D eigenvalue weighted by Crippen LogP contribution is 2.40. The molecular weight excluding hydrogens is 350 g/mol. The van der Waals surface area contributed by atoms with Gasteiger partial charge in [-0.25, -0.2) is 4.99 Å². The molecule has 27 heavy (non-hydrogen) atoms. The fraction of sp³-hybridized carbons (Fsp3) is 0.0870. The van der Waals surface area contributed by atoms with Crippen LogP contribution in [-0.4, -0.2) is 16.6 Å². The highest BCUT2D eigenvalue weighted by atomic mass is 32.1. The summed E-state index contributed by atoms with van der Waals surface area (Å²) in [6.45, 7) is 2.11. The van der Waals surface area contributed by atoms with E-state index in [1.807, 2.05) is 11.3 Å². The number of hydrogen-bond acceptors (Lipinski definition) is 3. The average molecular weight is 367 g/mol. The van der Waals surface area contributed by atoms with E-state index in [1.165, 1.54) is 42.5 Å². The lowest BCUT2D eigenvalue weighted by Crippen LogP contribution is -2.26. The van der Waals surface area contributed by atoms with Crippen LogP contribution in [0, 0.1) is 0 Å². The van der Waals surface area contributed by atoms with Gasteiger partial charge in [-0.05, 0) is 25.1 Å². The van der Waals surface area contributed by atoms with E-state index in [2.05, 4.69) is 89.6 Å². The molecule has 0 bridgehead atoms. The molecule has 1 N–H and O–H groups in total. The van der Waals surface area contributed by atoms with E-state index in [-0.39, 0.29) is 6.17 Å². The quantitative estimate of drug-likeness (QED) is 0.353. The average Bonchev–Trinajstić information content (AvgIpc) is 3.24. The standard InChI is InChI=1S/C23H17N3S/c1-14-24-21-17-10-4-7-13-20(17)27-22(21)23(25-14)26-18-11-5-2-8-15(18)16-9-3-6-12-19(16)26/h2-14,24H,1H3/t14-/m0/s1. The van der Waals surface area contributed by atoms with Crippen molar-refractivity contribution < 1.29 is 0 Å². The third kappa shape index (κ3) is 2.04. The molecule has 1 aliphatic heterocycles. The Hall–Kier alpha value is -3.11. The highest BCUT2D eigenvalue weighted by molar-refractivity contribution is 7.21. The number of benzene rings is 3. The number of aromatic nitrogens is 1. The van der Waals surface area contributed by atoms with Gasteiger partial charge in [0.05, 0.1) is 21.6 Å². The van der Waals surface area contributed by atoms with Crippen LogP contribution in [0.2, 0.25) is 0 Å². The summed E-state index contributed by atoms with van der Waals surface area (Å²) in [6.07, 6.45) is 0.0328. The Kier molecular flexibility index (Phi) is 3.02. The molecule has 0 spiro atoms. The number of nitrogens with one attached hydrogen (secondary N) is 1. The molecule has 0 unspecified atom stereocenters. The van der Waals surface area contributed by atoms with Crippen molar-refractivity contribution in [2.24, 2.45) is 4.99 Å². The minimum absolute atomic E-state index is 0.0328. The molecule has 3 aromatic carbocycles. The molecule has 5 aromatic rings. The summed E-state index contributed by atoms with van der Waals surface area (Å²) >= 11 is 1.81.